The largest absolute Gasteiger partial charge is 0.480 e. The number of rotatable bonds is 6. The summed E-state index contributed by atoms with van der Waals surface area (Å²) in [5, 5.41) is 12.0. The van der Waals surface area contributed by atoms with Crippen molar-refractivity contribution in [2.45, 2.75) is 50.5 Å². The summed E-state index contributed by atoms with van der Waals surface area (Å²) < 4.78 is 44.4. The van der Waals surface area contributed by atoms with E-state index in [1.165, 1.54) is 4.68 Å². The highest BCUT2D eigenvalue weighted by atomic mass is 19.3. The molecular weight excluding hydrogens is 460 g/mol. The van der Waals surface area contributed by atoms with Crippen LogP contribution in [0.1, 0.15) is 25.7 Å². The first kappa shape index (κ1) is 22.1. The van der Waals surface area contributed by atoms with Crippen LogP contribution < -0.4 is 10.1 Å². The molecule has 1 saturated carbocycles. The highest BCUT2D eigenvalue weighted by Crippen LogP contribution is 2.38. The van der Waals surface area contributed by atoms with Crippen LogP contribution in [0.25, 0.3) is 33.2 Å². The zero-order valence-electron chi connectivity index (χ0n) is 19.1. The number of alkyl halides is 2. The van der Waals surface area contributed by atoms with Crippen LogP contribution in [0.5, 0.6) is 5.88 Å². The molecule has 0 unspecified atom stereocenters. The third-order valence-electron chi connectivity index (χ3n) is 6.72. The predicted molar refractivity (Wildman–Crippen MR) is 123 cm³/mol. The van der Waals surface area contributed by atoms with Gasteiger partial charge < -0.3 is 24.5 Å². The van der Waals surface area contributed by atoms with Crippen molar-refractivity contribution >= 4 is 28.0 Å². The topological polar surface area (TPSA) is 112 Å². The summed E-state index contributed by atoms with van der Waals surface area (Å²) in [5.74, 6) is 0.477. The number of anilines is 1. The Hall–Kier alpha value is -3.38. The number of H-pyrrole nitrogens is 1. The fourth-order valence-electron chi connectivity index (χ4n) is 5.01. The molecule has 3 aromatic heterocycles. The van der Waals surface area contributed by atoms with E-state index in [1.54, 1.807) is 19.2 Å². The summed E-state index contributed by atoms with van der Waals surface area (Å²) in [5.41, 5.74) is 3.28. The molecule has 1 aliphatic heterocycles. The van der Waals surface area contributed by atoms with Crippen LogP contribution in [-0.4, -0.2) is 68.5 Å². The quantitative estimate of drug-likeness (QED) is 0.425. The standard InChI is InChI=1S/C23H25F2N7O3/c1-33-21-19-15(13-2-3-16-17(10-13)32(31-30-16)12-18(24)25)11-26-20(19)28-22(29-21)27-14-4-6-23(7-5-14)34-8-9-35-23/h2-3,10-11,14,18H,4-9,12H2,1H3,(H2,26,27,28,29). The van der Waals surface area contributed by atoms with Crippen LogP contribution in [0.4, 0.5) is 14.7 Å². The van der Waals surface area contributed by atoms with E-state index in [9.17, 15) is 8.78 Å². The zero-order valence-corrected chi connectivity index (χ0v) is 19.1. The maximum Gasteiger partial charge on any atom is 0.258 e. The van der Waals surface area contributed by atoms with Gasteiger partial charge in [-0.3, -0.25) is 0 Å². The number of nitrogens with one attached hydrogen (secondary N) is 2. The molecule has 35 heavy (non-hydrogen) atoms. The summed E-state index contributed by atoms with van der Waals surface area (Å²) in [6.07, 6.45) is 2.73. The van der Waals surface area contributed by atoms with Crippen LogP contribution in [0.3, 0.4) is 0 Å². The average Bonchev–Trinajstić information content (AvgIpc) is 3.59. The number of fused-ring (bicyclic) bond motifs is 2. The lowest BCUT2D eigenvalue weighted by Gasteiger charge is -2.35. The van der Waals surface area contributed by atoms with Gasteiger partial charge in [-0.2, -0.15) is 9.97 Å². The number of aromatic nitrogens is 6. The predicted octanol–water partition coefficient (Wildman–Crippen LogP) is 3.74. The van der Waals surface area contributed by atoms with E-state index in [0.717, 1.165) is 36.8 Å². The van der Waals surface area contributed by atoms with Crippen molar-refractivity contribution in [3.8, 4) is 17.0 Å². The van der Waals surface area contributed by atoms with Gasteiger partial charge in [-0.05, 0) is 30.5 Å². The van der Waals surface area contributed by atoms with Crippen LogP contribution in [0.2, 0.25) is 0 Å². The summed E-state index contributed by atoms with van der Waals surface area (Å²) in [7, 11) is 1.56. The van der Waals surface area contributed by atoms with Crippen LogP contribution in [0, 0.1) is 0 Å². The minimum Gasteiger partial charge on any atom is -0.480 e. The molecule has 0 radical (unpaired) electrons. The fraction of sp³-hybridized carbons (Fsp3) is 0.478. The molecule has 0 atom stereocenters. The minimum atomic E-state index is -2.52. The average molecular weight is 485 g/mol. The Labute approximate surface area is 199 Å². The lowest BCUT2D eigenvalue weighted by atomic mass is 9.90. The van der Waals surface area contributed by atoms with Gasteiger partial charge in [0.05, 0.1) is 31.2 Å². The molecule has 10 nitrogen and oxygen atoms in total. The van der Waals surface area contributed by atoms with Crippen molar-refractivity contribution in [1.82, 2.24) is 29.9 Å². The number of nitrogens with zero attached hydrogens (tertiary/aromatic N) is 5. The summed E-state index contributed by atoms with van der Waals surface area (Å²) in [6.45, 7) is 0.792. The van der Waals surface area contributed by atoms with E-state index in [4.69, 9.17) is 14.2 Å². The van der Waals surface area contributed by atoms with Crippen LogP contribution in [0.15, 0.2) is 24.4 Å². The first-order chi connectivity index (χ1) is 17.0. The Bertz CT molecular complexity index is 1360. The smallest absolute Gasteiger partial charge is 0.258 e. The van der Waals surface area contributed by atoms with Gasteiger partial charge in [0.1, 0.15) is 17.7 Å². The van der Waals surface area contributed by atoms with Crippen molar-refractivity contribution in [2.24, 2.45) is 0 Å². The first-order valence-electron chi connectivity index (χ1n) is 11.6. The normalized spacial score (nSPS) is 18.3. The molecular formula is C23H25F2N7O3. The summed E-state index contributed by atoms with van der Waals surface area (Å²) in [4.78, 5) is 12.5. The van der Waals surface area contributed by atoms with Crippen LogP contribution in [-0.2, 0) is 16.0 Å². The molecule has 2 N–H and O–H groups in total. The van der Waals surface area contributed by atoms with Gasteiger partial charge in [0.2, 0.25) is 11.8 Å². The highest BCUT2D eigenvalue weighted by Gasteiger charge is 2.40. The molecule has 0 amide bonds. The molecule has 2 aliphatic rings. The Balaban J connectivity index is 1.29. The number of benzene rings is 1. The molecule has 1 spiro atoms. The molecule has 12 heteroatoms. The van der Waals surface area contributed by atoms with Gasteiger partial charge in [-0.15, -0.1) is 5.10 Å². The third kappa shape index (κ3) is 4.06. The van der Waals surface area contributed by atoms with Gasteiger partial charge in [0, 0.05) is 30.6 Å². The van der Waals surface area contributed by atoms with E-state index in [-0.39, 0.29) is 6.04 Å². The molecule has 0 bridgehead atoms. The molecule has 1 saturated heterocycles. The second-order valence-electron chi connectivity index (χ2n) is 8.87. The molecule has 6 rings (SSSR count). The Morgan fingerprint density at radius 2 is 2.03 bits per heavy atom. The van der Waals surface area contributed by atoms with E-state index in [2.05, 4.69) is 30.6 Å². The molecule has 184 valence electrons. The van der Waals surface area contributed by atoms with E-state index < -0.39 is 18.8 Å². The lowest BCUT2D eigenvalue weighted by Crippen LogP contribution is -2.39. The van der Waals surface area contributed by atoms with Gasteiger partial charge in [0.15, 0.2) is 5.79 Å². The maximum atomic E-state index is 12.9. The second kappa shape index (κ2) is 8.68. The third-order valence-corrected chi connectivity index (χ3v) is 6.72. The lowest BCUT2D eigenvalue weighted by molar-refractivity contribution is -0.177. The van der Waals surface area contributed by atoms with Crippen molar-refractivity contribution in [1.29, 1.82) is 0 Å². The number of methoxy groups -OCH3 is 1. The molecule has 1 aromatic carbocycles. The Morgan fingerprint density at radius 3 is 2.77 bits per heavy atom. The molecule has 1 aliphatic carbocycles. The van der Waals surface area contributed by atoms with Crippen LogP contribution >= 0.6 is 0 Å². The minimum absolute atomic E-state index is 0.204. The summed E-state index contributed by atoms with van der Waals surface area (Å²) >= 11 is 0. The molecule has 4 aromatic rings. The zero-order chi connectivity index (χ0) is 24.0. The van der Waals surface area contributed by atoms with E-state index in [0.29, 0.717) is 47.1 Å². The number of halogens is 2. The van der Waals surface area contributed by atoms with E-state index in [1.807, 2.05) is 12.3 Å². The Morgan fingerprint density at radius 1 is 1.23 bits per heavy atom. The van der Waals surface area contributed by atoms with Crippen molar-refractivity contribution in [3.05, 3.63) is 24.4 Å². The SMILES string of the molecule is COc1nc(NC2CCC3(CC2)OCCO3)nc2[nH]cc(-c3ccc4nnn(CC(F)F)c4c3)c12. The first-order valence-corrected chi connectivity index (χ1v) is 11.6. The number of ether oxygens (including phenoxy) is 3. The van der Waals surface area contributed by atoms with Crippen molar-refractivity contribution < 1.29 is 23.0 Å². The van der Waals surface area contributed by atoms with Gasteiger partial charge in [-0.1, -0.05) is 11.3 Å². The fourth-order valence-corrected chi connectivity index (χ4v) is 5.01. The number of hydrogen-bond donors (Lipinski definition) is 2. The second-order valence-corrected chi connectivity index (χ2v) is 8.87. The van der Waals surface area contributed by atoms with Gasteiger partial charge in [0.25, 0.3) is 6.43 Å². The van der Waals surface area contributed by atoms with Crippen molar-refractivity contribution in [2.75, 3.05) is 25.6 Å². The monoisotopic (exact) mass is 485 g/mol. The maximum absolute atomic E-state index is 12.9. The van der Waals surface area contributed by atoms with Crippen molar-refractivity contribution in [3.63, 3.8) is 0 Å². The Kier molecular flexibility index (Phi) is 5.49. The highest BCUT2D eigenvalue weighted by molar-refractivity contribution is 5.99. The number of hydrogen-bond acceptors (Lipinski definition) is 8. The number of aromatic amines is 1. The summed E-state index contributed by atoms with van der Waals surface area (Å²) in [6, 6.07) is 5.62. The molecule has 2 fully saturated rings. The van der Waals surface area contributed by atoms with E-state index >= 15 is 0 Å². The van der Waals surface area contributed by atoms with Gasteiger partial charge >= 0.3 is 0 Å². The van der Waals surface area contributed by atoms with Gasteiger partial charge in [-0.25, -0.2) is 13.5 Å². The molecule has 4 heterocycles.